The van der Waals surface area contributed by atoms with Gasteiger partial charge in [-0.2, -0.15) is 0 Å². The molecule has 0 heterocycles. The molecule has 1 spiro atoms. The minimum Gasteiger partial charge on any atom is -0.0622 e. The lowest BCUT2D eigenvalue weighted by molar-refractivity contribution is 0.810. The van der Waals surface area contributed by atoms with Crippen molar-refractivity contribution in [3.63, 3.8) is 0 Å². The quantitative estimate of drug-likeness (QED) is 0.123. The molecule has 0 bridgehead atoms. The van der Waals surface area contributed by atoms with Crippen LogP contribution in [-0.2, 0) is 5.41 Å². The zero-order valence-corrected chi connectivity index (χ0v) is 36.6. The maximum atomic E-state index is 2.49. The van der Waals surface area contributed by atoms with E-state index in [1.54, 1.807) is 0 Å². The van der Waals surface area contributed by atoms with Crippen LogP contribution in [-0.4, -0.2) is 0 Å². The first-order valence-electron chi connectivity index (χ1n) is 23.5. The van der Waals surface area contributed by atoms with Crippen molar-refractivity contribution < 1.29 is 0 Å². The van der Waals surface area contributed by atoms with Gasteiger partial charge in [-0.1, -0.05) is 231 Å². The Morgan fingerprint density at radius 3 is 1.10 bits per heavy atom. The van der Waals surface area contributed by atoms with E-state index in [1.807, 2.05) is 0 Å². The summed E-state index contributed by atoms with van der Waals surface area (Å²) in [4.78, 5) is 0. The fraction of sp³-hybridized carbons (Fsp3) is 0.0149. The van der Waals surface area contributed by atoms with E-state index in [0.29, 0.717) is 0 Å². The second-order valence-electron chi connectivity index (χ2n) is 18.5. The predicted octanol–water partition coefficient (Wildman–Crippen LogP) is 18.0. The Kier molecular flexibility index (Phi) is 7.52. The molecule has 0 unspecified atom stereocenters. The van der Waals surface area contributed by atoms with Crippen molar-refractivity contribution in [1.82, 2.24) is 0 Å². The van der Waals surface area contributed by atoms with Gasteiger partial charge in [0.1, 0.15) is 0 Å². The summed E-state index contributed by atoms with van der Waals surface area (Å²) in [5, 5.41) is 15.5. The van der Waals surface area contributed by atoms with Crippen LogP contribution in [0.4, 0.5) is 0 Å². The fourth-order valence-electron chi connectivity index (χ4n) is 12.9. The molecule has 0 saturated carbocycles. The van der Waals surface area contributed by atoms with E-state index in [1.165, 1.54) is 143 Å². The molecule has 0 radical (unpaired) electrons. The molecule has 67 heavy (non-hydrogen) atoms. The van der Waals surface area contributed by atoms with Gasteiger partial charge in [0, 0.05) is 0 Å². The predicted molar refractivity (Wildman–Crippen MR) is 284 cm³/mol. The Hall–Kier alpha value is -8.58. The molecule has 0 atom stereocenters. The third kappa shape index (κ3) is 4.81. The van der Waals surface area contributed by atoms with Gasteiger partial charge in [-0.25, -0.2) is 0 Å². The Morgan fingerprint density at radius 1 is 0.194 bits per heavy atom. The zero-order valence-electron chi connectivity index (χ0n) is 36.6. The van der Waals surface area contributed by atoms with E-state index in [9.17, 15) is 0 Å². The van der Waals surface area contributed by atoms with Crippen molar-refractivity contribution >= 4 is 64.6 Å². The van der Waals surface area contributed by atoms with Crippen LogP contribution in [0.15, 0.2) is 243 Å². The third-order valence-electron chi connectivity index (χ3n) is 15.4. The molecule has 0 fully saturated rings. The van der Waals surface area contributed by atoms with Gasteiger partial charge in [0.2, 0.25) is 0 Å². The van der Waals surface area contributed by atoms with E-state index < -0.39 is 5.41 Å². The highest BCUT2D eigenvalue weighted by molar-refractivity contribution is 6.28. The summed E-state index contributed by atoms with van der Waals surface area (Å²) < 4.78 is 0. The van der Waals surface area contributed by atoms with Crippen molar-refractivity contribution in [2.24, 2.45) is 0 Å². The molecule has 0 saturated heterocycles. The minimum absolute atomic E-state index is 0.542. The van der Waals surface area contributed by atoms with Crippen LogP contribution in [0.5, 0.6) is 0 Å². The second-order valence-corrected chi connectivity index (χ2v) is 18.5. The molecule has 0 amide bonds. The van der Waals surface area contributed by atoms with Gasteiger partial charge in [0.25, 0.3) is 0 Å². The van der Waals surface area contributed by atoms with Crippen molar-refractivity contribution in [1.29, 1.82) is 0 Å². The summed E-state index contributed by atoms with van der Waals surface area (Å²) in [7, 11) is 0. The molecule has 0 N–H and O–H groups in total. The van der Waals surface area contributed by atoms with Gasteiger partial charge in [-0.3, -0.25) is 0 Å². The highest BCUT2D eigenvalue weighted by Gasteiger charge is 2.54. The van der Waals surface area contributed by atoms with Gasteiger partial charge >= 0.3 is 0 Å². The van der Waals surface area contributed by atoms with E-state index in [4.69, 9.17) is 0 Å². The van der Waals surface area contributed by atoms with Crippen LogP contribution in [0.25, 0.3) is 120 Å². The first-order valence-corrected chi connectivity index (χ1v) is 23.5. The Balaban J connectivity index is 1.03. The van der Waals surface area contributed by atoms with Crippen LogP contribution in [0, 0.1) is 0 Å². The monoisotopic (exact) mass is 844 g/mol. The van der Waals surface area contributed by atoms with Gasteiger partial charge in [-0.05, 0) is 155 Å². The van der Waals surface area contributed by atoms with Crippen LogP contribution < -0.4 is 0 Å². The normalized spacial score (nSPS) is 13.2. The highest BCUT2D eigenvalue weighted by atomic mass is 14.5. The lowest BCUT2D eigenvalue weighted by Gasteiger charge is -2.33. The lowest BCUT2D eigenvalue weighted by Crippen LogP contribution is -2.26. The largest absolute Gasteiger partial charge is 0.0738 e. The van der Waals surface area contributed by atoms with Crippen molar-refractivity contribution in [3.05, 3.63) is 265 Å². The molecule has 0 aliphatic heterocycles. The van der Waals surface area contributed by atoms with Crippen LogP contribution >= 0.6 is 0 Å². The second kappa shape index (κ2) is 13.7. The maximum absolute atomic E-state index is 2.49. The van der Waals surface area contributed by atoms with Gasteiger partial charge < -0.3 is 0 Å². The van der Waals surface area contributed by atoms with Crippen molar-refractivity contribution in [2.75, 3.05) is 0 Å². The molecule has 13 aromatic carbocycles. The summed E-state index contributed by atoms with van der Waals surface area (Å²) in [5.74, 6) is 0. The Bertz CT molecular complexity index is 4160. The molecule has 2 aliphatic rings. The van der Waals surface area contributed by atoms with Crippen LogP contribution in [0.2, 0.25) is 0 Å². The lowest BCUT2D eigenvalue weighted by atomic mass is 9.68. The molecule has 13 aromatic rings. The van der Waals surface area contributed by atoms with Crippen LogP contribution in [0.3, 0.4) is 0 Å². The number of hydrogen-bond acceptors (Lipinski definition) is 0. The SMILES string of the molecule is c1ccc(-c2c3ccccc3c(-c3cccc(-c4ccc5c6c(c7ccccc7c5c4)-c4c(c5ccccc5c5ccccc45)C64c5ccccc5-c5ccccc54)c3)c3ccccc23)cc1. The summed E-state index contributed by atoms with van der Waals surface area (Å²) in [6.45, 7) is 0. The number of fused-ring (bicyclic) bond motifs is 22. The molecular weight excluding hydrogens is 805 g/mol. The average molecular weight is 845 g/mol. The zero-order chi connectivity index (χ0) is 43.8. The minimum atomic E-state index is -0.542. The smallest absolute Gasteiger partial charge is 0.0622 e. The first kappa shape index (κ1) is 36.7. The number of rotatable bonds is 3. The Morgan fingerprint density at radius 2 is 0.552 bits per heavy atom. The van der Waals surface area contributed by atoms with E-state index in [0.717, 1.165) is 0 Å². The molecule has 0 heteroatoms. The summed E-state index contributed by atoms with van der Waals surface area (Å²) >= 11 is 0. The Labute approximate surface area is 388 Å². The molecule has 2 aliphatic carbocycles. The van der Waals surface area contributed by atoms with Crippen molar-refractivity contribution in [2.45, 2.75) is 5.41 Å². The van der Waals surface area contributed by atoms with E-state index in [-0.39, 0.29) is 0 Å². The third-order valence-corrected chi connectivity index (χ3v) is 15.4. The standard InChI is InChI=1S/C67H40/c1-2-19-41(20-3-1)61-52-30-9-11-32-54(52)62(55-33-12-10-31-53(55)61)44-22-18-21-42(39-44)43-37-38-57-58(40-43)47-25-5-8-29-51(47)64-63-50-28-7-4-23-45(50)46-24-6-13-34-56(46)65(63)67(66(57)64)59-35-16-14-26-48(59)49-27-15-17-36-60(49)67/h1-40H. The molecule has 0 nitrogen and oxygen atoms in total. The summed E-state index contributed by atoms with van der Waals surface area (Å²) in [6.07, 6.45) is 0. The van der Waals surface area contributed by atoms with Crippen LogP contribution in [0.1, 0.15) is 22.3 Å². The summed E-state index contributed by atoms with van der Waals surface area (Å²) in [5.41, 5.74) is 17.8. The fourth-order valence-corrected chi connectivity index (χ4v) is 12.9. The molecule has 308 valence electrons. The molecule has 15 rings (SSSR count). The molecule has 0 aromatic heterocycles. The average Bonchev–Trinajstić information content (AvgIpc) is 3.89. The van der Waals surface area contributed by atoms with Crippen molar-refractivity contribution in [3.8, 4) is 55.6 Å². The van der Waals surface area contributed by atoms with E-state index >= 15 is 0 Å². The summed E-state index contributed by atoms with van der Waals surface area (Å²) in [6, 6.07) is 91.3. The first-order chi connectivity index (χ1) is 33.3. The van der Waals surface area contributed by atoms with Gasteiger partial charge in [-0.15, -0.1) is 0 Å². The number of hydrogen-bond donors (Lipinski definition) is 0. The topological polar surface area (TPSA) is 0 Å². The molecular formula is C67H40. The maximum Gasteiger partial charge on any atom is 0.0738 e. The van der Waals surface area contributed by atoms with Gasteiger partial charge in [0.15, 0.2) is 0 Å². The van der Waals surface area contributed by atoms with E-state index in [2.05, 4.69) is 243 Å². The highest BCUT2D eigenvalue weighted by Crippen LogP contribution is 2.68. The number of benzene rings is 13. The van der Waals surface area contributed by atoms with Gasteiger partial charge in [0.05, 0.1) is 5.41 Å².